The lowest BCUT2D eigenvalue weighted by molar-refractivity contribution is 0.560. The van der Waals surface area contributed by atoms with Gasteiger partial charge in [-0.05, 0) is 23.8 Å². The minimum absolute atomic E-state index is 0.357. The number of hydrogen-bond donors (Lipinski definition) is 1. The van der Waals surface area contributed by atoms with Crippen molar-refractivity contribution in [3.05, 3.63) is 83.9 Å². The predicted molar refractivity (Wildman–Crippen MR) is 80.5 cm³/mol. The third kappa shape index (κ3) is 3.38. The van der Waals surface area contributed by atoms with Gasteiger partial charge in [0.1, 0.15) is 11.6 Å². The number of halogens is 2. The third-order valence-corrected chi connectivity index (χ3v) is 3.40. The Morgan fingerprint density at radius 3 is 2.50 bits per heavy atom. The molecule has 22 heavy (non-hydrogen) atoms. The van der Waals surface area contributed by atoms with Crippen molar-refractivity contribution in [1.29, 1.82) is 0 Å². The van der Waals surface area contributed by atoms with Crippen molar-refractivity contribution in [3.8, 4) is 5.69 Å². The van der Waals surface area contributed by atoms with Crippen molar-refractivity contribution in [3.63, 3.8) is 0 Å². The molecule has 0 aliphatic carbocycles. The van der Waals surface area contributed by atoms with Gasteiger partial charge in [0.15, 0.2) is 0 Å². The first kappa shape index (κ1) is 14.4. The molecule has 3 rings (SSSR count). The molecule has 0 amide bonds. The molecule has 3 aromatic rings. The van der Waals surface area contributed by atoms with E-state index in [1.54, 1.807) is 12.5 Å². The Bertz CT molecular complexity index is 737. The summed E-state index contributed by atoms with van der Waals surface area (Å²) in [5.41, 5.74) is 2.58. The van der Waals surface area contributed by atoms with Crippen LogP contribution in [0.3, 0.4) is 0 Å². The van der Waals surface area contributed by atoms with E-state index >= 15 is 0 Å². The fourth-order valence-corrected chi connectivity index (χ4v) is 2.20. The van der Waals surface area contributed by atoms with E-state index < -0.39 is 11.6 Å². The van der Waals surface area contributed by atoms with Gasteiger partial charge in [-0.2, -0.15) is 0 Å². The predicted octanol–water partition coefficient (Wildman–Crippen LogP) is 3.44. The monoisotopic (exact) mass is 299 g/mol. The number of hydrogen-bond acceptors (Lipinski definition) is 2. The van der Waals surface area contributed by atoms with E-state index in [1.165, 1.54) is 12.1 Å². The molecule has 0 saturated carbocycles. The molecule has 0 saturated heterocycles. The van der Waals surface area contributed by atoms with E-state index in [4.69, 9.17) is 0 Å². The summed E-state index contributed by atoms with van der Waals surface area (Å²) in [6, 6.07) is 11.6. The maximum Gasteiger partial charge on any atom is 0.130 e. The summed E-state index contributed by atoms with van der Waals surface area (Å²) in [5, 5.41) is 3.15. The van der Waals surface area contributed by atoms with Gasteiger partial charge in [0.25, 0.3) is 0 Å². The van der Waals surface area contributed by atoms with Crippen LogP contribution in [0.2, 0.25) is 0 Å². The molecule has 0 aliphatic rings. The van der Waals surface area contributed by atoms with Crippen LogP contribution in [-0.4, -0.2) is 9.55 Å². The normalized spacial score (nSPS) is 10.8. The number of rotatable bonds is 5. The highest BCUT2D eigenvalue weighted by Crippen LogP contribution is 2.11. The molecule has 5 heteroatoms. The van der Waals surface area contributed by atoms with E-state index in [1.807, 2.05) is 35.0 Å². The second kappa shape index (κ2) is 6.49. The molecule has 0 radical (unpaired) electrons. The van der Waals surface area contributed by atoms with E-state index in [0.717, 1.165) is 17.3 Å². The first-order valence-electron chi connectivity index (χ1n) is 6.94. The van der Waals surface area contributed by atoms with E-state index in [2.05, 4.69) is 10.3 Å². The molecular formula is C17H15F2N3. The maximum absolute atomic E-state index is 13.5. The number of nitrogens with zero attached hydrogens (tertiary/aromatic N) is 2. The molecule has 112 valence electrons. The Morgan fingerprint density at radius 2 is 1.82 bits per heavy atom. The van der Waals surface area contributed by atoms with Gasteiger partial charge < -0.3 is 9.88 Å². The van der Waals surface area contributed by atoms with Crippen LogP contribution in [0, 0.1) is 11.6 Å². The van der Waals surface area contributed by atoms with Gasteiger partial charge in [0.2, 0.25) is 0 Å². The van der Waals surface area contributed by atoms with E-state index in [0.29, 0.717) is 18.7 Å². The lowest BCUT2D eigenvalue weighted by Gasteiger charge is -2.08. The SMILES string of the molecule is Fc1ccc(CNCc2ccc(-n3ccnc3)cc2)c(F)c1. The van der Waals surface area contributed by atoms with Gasteiger partial charge in [-0.25, -0.2) is 13.8 Å². The van der Waals surface area contributed by atoms with Crippen LogP contribution in [0.4, 0.5) is 8.78 Å². The van der Waals surface area contributed by atoms with Crippen LogP contribution < -0.4 is 5.32 Å². The third-order valence-electron chi connectivity index (χ3n) is 3.40. The van der Waals surface area contributed by atoms with Crippen LogP contribution >= 0.6 is 0 Å². The van der Waals surface area contributed by atoms with Crippen LogP contribution in [0.5, 0.6) is 0 Å². The smallest absolute Gasteiger partial charge is 0.130 e. The first-order chi connectivity index (χ1) is 10.7. The molecule has 0 fully saturated rings. The van der Waals surface area contributed by atoms with Crippen molar-refractivity contribution in [1.82, 2.24) is 14.9 Å². The van der Waals surface area contributed by atoms with Crippen LogP contribution in [-0.2, 0) is 13.1 Å². The van der Waals surface area contributed by atoms with Gasteiger partial charge in [0.05, 0.1) is 6.33 Å². The minimum atomic E-state index is -0.559. The Balaban J connectivity index is 1.57. The van der Waals surface area contributed by atoms with Gasteiger partial charge in [-0.3, -0.25) is 0 Å². The zero-order valence-corrected chi connectivity index (χ0v) is 11.8. The molecule has 0 unspecified atom stereocenters. The molecule has 3 nitrogen and oxygen atoms in total. The highest BCUT2D eigenvalue weighted by Gasteiger charge is 2.03. The molecule has 0 atom stereocenters. The Hall–Kier alpha value is -2.53. The van der Waals surface area contributed by atoms with Crippen molar-refractivity contribution < 1.29 is 8.78 Å². The fraction of sp³-hybridized carbons (Fsp3) is 0.118. The second-order valence-electron chi connectivity index (χ2n) is 4.98. The minimum Gasteiger partial charge on any atom is -0.309 e. The lowest BCUT2D eigenvalue weighted by atomic mass is 10.2. The van der Waals surface area contributed by atoms with Crippen molar-refractivity contribution in [2.75, 3.05) is 0 Å². The largest absolute Gasteiger partial charge is 0.309 e. The van der Waals surface area contributed by atoms with Crippen molar-refractivity contribution in [2.45, 2.75) is 13.1 Å². The standard InChI is InChI=1S/C17H15F2N3/c18-15-4-3-14(17(19)9-15)11-21-10-13-1-5-16(6-2-13)22-8-7-20-12-22/h1-9,12,21H,10-11H2. The zero-order chi connectivity index (χ0) is 15.4. The van der Waals surface area contributed by atoms with Crippen molar-refractivity contribution >= 4 is 0 Å². The summed E-state index contributed by atoms with van der Waals surface area (Å²) in [4.78, 5) is 4.01. The van der Waals surface area contributed by atoms with Gasteiger partial charge in [-0.15, -0.1) is 0 Å². The fourth-order valence-electron chi connectivity index (χ4n) is 2.20. The Labute approximate surface area is 127 Å². The maximum atomic E-state index is 13.5. The van der Waals surface area contributed by atoms with Gasteiger partial charge in [0, 0.05) is 42.8 Å². The van der Waals surface area contributed by atoms with Gasteiger partial charge in [-0.1, -0.05) is 18.2 Å². The summed E-state index contributed by atoms with van der Waals surface area (Å²) in [7, 11) is 0. The zero-order valence-electron chi connectivity index (χ0n) is 11.8. The number of aromatic nitrogens is 2. The number of nitrogens with one attached hydrogen (secondary N) is 1. The molecule has 1 N–H and O–H groups in total. The molecule has 2 aromatic carbocycles. The number of benzene rings is 2. The summed E-state index contributed by atoms with van der Waals surface area (Å²) in [5.74, 6) is -1.08. The first-order valence-corrected chi connectivity index (χ1v) is 6.94. The average Bonchev–Trinajstić information content (AvgIpc) is 3.04. The van der Waals surface area contributed by atoms with Crippen LogP contribution in [0.1, 0.15) is 11.1 Å². The molecule has 0 spiro atoms. The topological polar surface area (TPSA) is 29.9 Å². The Kier molecular flexibility index (Phi) is 4.25. The Morgan fingerprint density at radius 1 is 1.00 bits per heavy atom. The molecule has 0 bridgehead atoms. The lowest BCUT2D eigenvalue weighted by Crippen LogP contribution is -2.13. The highest BCUT2D eigenvalue weighted by atomic mass is 19.1. The van der Waals surface area contributed by atoms with E-state index in [9.17, 15) is 8.78 Å². The highest BCUT2D eigenvalue weighted by molar-refractivity contribution is 5.34. The molecular weight excluding hydrogens is 284 g/mol. The van der Waals surface area contributed by atoms with Gasteiger partial charge >= 0.3 is 0 Å². The van der Waals surface area contributed by atoms with Crippen LogP contribution in [0.25, 0.3) is 5.69 Å². The van der Waals surface area contributed by atoms with Crippen LogP contribution in [0.15, 0.2) is 61.2 Å². The molecule has 1 aromatic heterocycles. The van der Waals surface area contributed by atoms with Crippen molar-refractivity contribution in [2.24, 2.45) is 0 Å². The number of imidazole rings is 1. The van der Waals surface area contributed by atoms with E-state index in [-0.39, 0.29) is 0 Å². The summed E-state index contributed by atoms with van der Waals surface area (Å²) >= 11 is 0. The summed E-state index contributed by atoms with van der Waals surface area (Å²) < 4.78 is 28.2. The molecule has 0 aliphatic heterocycles. The average molecular weight is 299 g/mol. The second-order valence-corrected chi connectivity index (χ2v) is 4.98. The summed E-state index contributed by atoms with van der Waals surface area (Å²) in [6.07, 6.45) is 5.35. The molecule has 1 heterocycles. The summed E-state index contributed by atoms with van der Waals surface area (Å²) in [6.45, 7) is 0.969. The quantitative estimate of drug-likeness (QED) is 0.782.